The summed E-state index contributed by atoms with van der Waals surface area (Å²) in [5.74, 6) is -0.256. The molecule has 0 bridgehead atoms. The lowest BCUT2D eigenvalue weighted by Gasteiger charge is -2.26. The van der Waals surface area contributed by atoms with Crippen LogP contribution in [0.1, 0.15) is 32.6 Å². The number of nitrogens with zero attached hydrogens (tertiary/aromatic N) is 1. The monoisotopic (exact) mass is 229 g/mol. The molecule has 1 saturated carbocycles. The maximum atomic E-state index is 9.07. The van der Waals surface area contributed by atoms with Crippen LogP contribution in [-0.2, 0) is 9.47 Å². The molecule has 94 valence electrons. The molecule has 1 aliphatic carbocycles. The molecular weight excluding hydrogens is 206 g/mol. The number of hydrogen-bond acceptors (Lipinski definition) is 4. The molecule has 2 fully saturated rings. The largest absolute Gasteiger partial charge is 0.395 e. The third kappa shape index (κ3) is 2.56. The summed E-state index contributed by atoms with van der Waals surface area (Å²) < 4.78 is 11.8. The highest BCUT2D eigenvalue weighted by Gasteiger charge is 2.43. The Kier molecular flexibility index (Phi) is 3.85. The first-order valence-corrected chi connectivity index (χ1v) is 6.28. The van der Waals surface area contributed by atoms with Crippen molar-refractivity contribution in [1.82, 2.24) is 4.90 Å². The van der Waals surface area contributed by atoms with E-state index in [2.05, 4.69) is 4.90 Å². The Balaban J connectivity index is 1.80. The molecule has 0 aromatic carbocycles. The molecule has 0 aromatic rings. The Morgan fingerprint density at radius 3 is 2.75 bits per heavy atom. The Labute approximate surface area is 97.5 Å². The molecule has 2 aliphatic rings. The van der Waals surface area contributed by atoms with E-state index in [1.807, 2.05) is 14.0 Å². The molecule has 16 heavy (non-hydrogen) atoms. The summed E-state index contributed by atoms with van der Waals surface area (Å²) in [6.45, 7) is 3.74. The van der Waals surface area contributed by atoms with Gasteiger partial charge in [-0.3, -0.25) is 4.90 Å². The lowest BCUT2D eigenvalue weighted by molar-refractivity contribution is -0.163. The maximum Gasteiger partial charge on any atom is 0.168 e. The Morgan fingerprint density at radius 1 is 1.44 bits per heavy atom. The van der Waals surface area contributed by atoms with Gasteiger partial charge in [-0.15, -0.1) is 0 Å². The van der Waals surface area contributed by atoms with E-state index >= 15 is 0 Å². The maximum absolute atomic E-state index is 9.07. The Bertz CT molecular complexity index is 228. The molecule has 4 nitrogen and oxygen atoms in total. The molecule has 1 aliphatic heterocycles. The molecule has 4 heteroatoms. The topological polar surface area (TPSA) is 41.9 Å². The second kappa shape index (κ2) is 5.00. The highest BCUT2D eigenvalue weighted by atomic mass is 16.7. The average Bonchev–Trinajstić information content (AvgIpc) is 2.89. The fourth-order valence-electron chi connectivity index (χ4n) is 2.52. The van der Waals surface area contributed by atoms with Crippen molar-refractivity contribution in [2.45, 2.75) is 50.5 Å². The van der Waals surface area contributed by atoms with E-state index in [9.17, 15) is 0 Å². The molecule has 1 N–H and O–H groups in total. The van der Waals surface area contributed by atoms with Crippen molar-refractivity contribution in [3.05, 3.63) is 0 Å². The summed E-state index contributed by atoms with van der Waals surface area (Å²) in [5.41, 5.74) is 0. The molecular formula is C12H23NO3. The molecule has 1 spiro atoms. The second-order valence-electron chi connectivity index (χ2n) is 5.14. The first-order valence-electron chi connectivity index (χ1n) is 6.28. The van der Waals surface area contributed by atoms with E-state index in [0.717, 1.165) is 19.4 Å². The molecule has 0 radical (unpaired) electrons. The van der Waals surface area contributed by atoms with Gasteiger partial charge in [0.2, 0.25) is 0 Å². The molecule has 1 heterocycles. The van der Waals surface area contributed by atoms with E-state index in [1.54, 1.807) is 0 Å². The highest BCUT2D eigenvalue weighted by molar-refractivity contribution is 4.85. The van der Waals surface area contributed by atoms with Crippen molar-refractivity contribution in [2.75, 3.05) is 26.8 Å². The summed E-state index contributed by atoms with van der Waals surface area (Å²) in [6, 6.07) is 0.184. The second-order valence-corrected chi connectivity index (χ2v) is 5.14. The van der Waals surface area contributed by atoms with Crippen LogP contribution in [0, 0.1) is 0 Å². The quantitative estimate of drug-likeness (QED) is 0.780. The van der Waals surface area contributed by atoms with Crippen molar-refractivity contribution < 1.29 is 14.6 Å². The van der Waals surface area contributed by atoms with Crippen LogP contribution in [0.3, 0.4) is 0 Å². The standard InChI is InChI=1S/C12H23NO3/c1-10(8-14)13(2)7-11-9-15-12(16-11)5-3-4-6-12/h10-11,14H,3-9H2,1-2H3. The van der Waals surface area contributed by atoms with Gasteiger partial charge in [-0.05, 0) is 26.8 Å². The molecule has 1 saturated heterocycles. The van der Waals surface area contributed by atoms with E-state index in [1.165, 1.54) is 12.8 Å². The number of aliphatic hydroxyl groups excluding tert-OH is 1. The summed E-state index contributed by atoms with van der Waals surface area (Å²) in [6.07, 6.45) is 4.69. The fourth-order valence-corrected chi connectivity index (χ4v) is 2.52. The van der Waals surface area contributed by atoms with Crippen LogP contribution in [-0.4, -0.2) is 54.7 Å². The first-order chi connectivity index (χ1) is 7.65. The summed E-state index contributed by atoms with van der Waals surface area (Å²) in [4.78, 5) is 2.13. The van der Waals surface area contributed by atoms with Crippen LogP contribution in [0.25, 0.3) is 0 Å². The SMILES string of the molecule is CC(CO)N(C)CC1COC2(CCCC2)O1. The number of likely N-dealkylation sites (N-methyl/N-ethyl adjacent to an activating group) is 1. The lowest BCUT2D eigenvalue weighted by atomic mass is 10.2. The average molecular weight is 229 g/mol. The van der Waals surface area contributed by atoms with Crippen LogP contribution in [0.2, 0.25) is 0 Å². The van der Waals surface area contributed by atoms with Gasteiger partial charge in [-0.25, -0.2) is 0 Å². The van der Waals surface area contributed by atoms with Crippen LogP contribution >= 0.6 is 0 Å². The van der Waals surface area contributed by atoms with Crippen LogP contribution in [0.15, 0.2) is 0 Å². The predicted molar refractivity (Wildman–Crippen MR) is 61.2 cm³/mol. The van der Waals surface area contributed by atoms with Gasteiger partial charge in [-0.2, -0.15) is 0 Å². The minimum Gasteiger partial charge on any atom is -0.395 e. The Hall–Kier alpha value is -0.160. The number of hydrogen-bond donors (Lipinski definition) is 1. The van der Waals surface area contributed by atoms with E-state index < -0.39 is 0 Å². The van der Waals surface area contributed by atoms with Gasteiger partial charge in [0.1, 0.15) is 0 Å². The van der Waals surface area contributed by atoms with Crippen LogP contribution in [0.5, 0.6) is 0 Å². The van der Waals surface area contributed by atoms with Gasteiger partial charge < -0.3 is 14.6 Å². The molecule has 0 aromatic heterocycles. The molecule has 2 rings (SSSR count). The number of rotatable bonds is 4. The lowest BCUT2D eigenvalue weighted by Crippen LogP contribution is -2.39. The van der Waals surface area contributed by atoms with Gasteiger partial charge in [-0.1, -0.05) is 0 Å². The number of ether oxygens (including phenoxy) is 2. The van der Waals surface area contributed by atoms with Crippen molar-refractivity contribution >= 4 is 0 Å². The van der Waals surface area contributed by atoms with Crippen molar-refractivity contribution in [3.8, 4) is 0 Å². The van der Waals surface area contributed by atoms with Crippen LogP contribution < -0.4 is 0 Å². The normalized spacial score (nSPS) is 30.4. The zero-order chi connectivity index (χ0) is 11.6. The molecule has 2 atom stereocenters. The zero-order valence-electron chi connectivity index (χ0n) is 10.3. The van der Waals surface area contributed by atoms with Crippen LogP contribution in [0.4, 0.5) is 0 Å². The Morgan fingerprint density at radius 2 is 2.12 bits per heavy atom. The smallest absolute Gasteiger partial charge is 0.168 e. The summed E-state index contributed by atoms with van der Waals surface area (Å²) >= 11 is 0. The van der Waals surface area contributed by atoms with Gasteiger partial charge in [0.05, 0.1) is 19.3 Å². The zero-order valence-corrected chi connectivity index (χ0v) is 10.3. The minimum absolute atomic E-state index is 0.164. The van der Waals surface area contributed by atoms with Gasteiger partial charge in [0.15, 0.2) is 5.79 Å². The third-order valence-electron chi connectivity index (χ3n) is 3.79. The first kappa shape index (κ1) is 12.3. The fraction of sp³-hybridized carbons (Fsp3) is 1.00. The third-order valence-corrected chi connectivity index (χ3v) is 3.79. The predicted octanol–water partition coefficient (Wildman–Crippen LogP) is 0.985. The van der Waals surface area contributed by atoms with Crippen molar-refractivity contribution in [2.24, 2.45) is 0 Å². The van der Waals surface area contributed by atoms with Crippen molar-refractivity contribution in [1.29, 1.82) is 0 Å². The van der Waals surface area contributed by atoms with Gasteiger partial charge >= 0.3 is 0 Å². The summed E-state index contributed by atoms with van der Waals surface area (Å²) in [7, 11) is 2.02. The molecule has 2 unspecified atom stereocenters. The van der Waals surface area contributed by atoms with E-state index in [-0.39, 0.29) is 24.5 Å². The minimum atomic E-state index is -0.256. The van der Waals surface area contributed by atoms with Gasteiger partial charge in [0.25, 0.3) is 0 Å². The highest BCUT2D eigenvalue weighted by Crippen LogP contribution is 2.39. The van der Waals surface area contributed by atoms with Gasteiger partial charge in [0, 0.05) is 25.4 Å². The summed E-state index contributed by atoms with van der Waals surface area (Å²) in [5, 5.41) is 9.07. The number of aliphatic hydroxyl groups is 1. The van der Waals surface area contributed by atoms with E-state index in [0.29, 0.717) is 6.61 Å². The van der Waals surface area contributed by atoms with E-state index in [4.69, 9.17) is 14.6 Å². The van der Waals surface area contributed by atoms with Crippen molar-refractivity contribution in [3.63, 3.8) is 0 Å². The molecule has 0 amide bonds.